The molecule has 1 saturated heterocycles. The lowest BCUT2D eigenvalue weighted by atomic mass is 9.75. The van der Waals surface area contributed by atoms with Crippen LogP contribution in [0.2, 0.25) is 0 Å². The highest BCUT2D eigenvalue weighted by Crippen LogP contribution is 2.37. The van der Waals surface area contributed by atoms with Crippen molar-refractivity contribution in [2.75, 3.05) is 31.6 Å². The van der Waals surface area contributed by atoms with E-state index in [4.69, 9.17) is 0 Å². The van der Waals surface area contributed by atoms with E-state index in [-0.39, 0.29) is 0 Å². The fourth-order valence-corrected chi connectivity index (χ4v) is 4.70. The first-order valence-electron chi connectivity index (χ1n) is 8.69. The molecule has 1 spiro atoms. The van der Waals surface area contributed by atoms with Gasteiger partial charge in [-0.15, -0.1) is 0 Å². The highest BCUT2D eigenvalue weighted by molar-refractivity contribution is 7.98. The molecule has 0 radical (unpaired) electrons. The quantitative estimate of drug-likeness (QED) is 0.749. The van der Waals surface area contributed by atoms with Crippen LogP contribution in [-0.2, 0) is 0 Å². The summed E-state index contributed by atoms with van der Waals surface area (Å²) < 4.78 is 0. The van der Waals surface area contributed by atoms with Gasteiger partial charge in [-0.2, -0.15) is 11.8 Å². The molecule has 3 heteroatoms. The third-order valence-electron chi connectivity index (χ3n) is 5.86. The normalized spacial score (nSPS) is 25.9. The Bertz CT molecular complexity index is 283. The van der Waals surface area contributed by atoms with Crippen LogP contribution in [0.1, 0.15) is 65.2 Å². The van der Waals surface area contributed by atoms with Crippen molar-refractivity contribution in [2.24, 2.45) is 0 Å². The molecule has 0 unspecified atom stereocenters. The average molecular weight is 299 g/mol. The molecule has 1 aliphatic carbocycles. The molecule has 0 aromatic carbocycles. The van der Waals surface area contributed by atoms with Gasteiger partial charge in [0.2, 0.25) is 0 Å². The van der Waals surface area contributed by atoms with Crippen LogP contribution < -0.4 is 5.32 Å². The van der Waals surface area contributed by atoms with Crippen LogP contribution in [0.25, 0.3) is 0 Å². The summed E-state index contributed by atoms with van der Waals surface area (Å²) in [5, 5.41) is 4.00. The molecule has 0 bridgehead atoms. The number of rotatable bonds is 6. The summed E-state index contributed by atoms with van der Waals surface area (Å²) in [6, 6.07) is 0. The summed E-state index contributed by atoms with van der Waals surface area (Å²) in [4.78, 5) is 2.87. The van der Waals surface area contributed by atoms with E-state index in [0.717, 1.165) is 0 Å². The van der Waals surface area contributed by atoms with Crippen LogP contribution >= 0.6 is 11.8 Å². The van der Waals surface area contributed by atoms with Gasteiger partial charge in [0.1, 0.15) is 0 Å². The second-order valence-corrected chi connectivity index (χ2v) is 7.88. The van der Waals surface area contributed by atoms with Crippen LogP contribution in [0.4, 0.5) is 0 Å². The highest BCUT2D eigenvalue weighted by atomic mass is 32.2. The van der Waals surface area contributed by atoms with E-state index in [1.807, 2.05) is 11.8 Å². The van der Waals surface area contributed by atoms with E-state index < -0.39 is 0 Å². The van der Waals surface area contributed by atoms with Crippen LogP contribution in [-0.4, -0.2) is 47.6 Å². The molecular formula is C17H34N2S. The van der Waals surface area contributed by atoms with Crippen molar-refractivity contribution in [2.45, 2.75) is 76.3 Å². The molecule has 0 aromatic rings. The fraction of sp³-hybridized carbons (Fsp3) is 1.00. The zero-order valence-electron chi connectivity index (χ0n) is 13.8. The number of thioether (sulfide) groups is 1. The first-order chi connectivity index (χ1) is 9.70. The van der Waals surface area contributed by atoms with Crippen LogP contribution in [0.5, 0.6) is 0 Å². The number of hydrogen-bond donors (Lipinski definition) is 1. The van der Waals surface area contributed by atoms with E-state index in [0.29, 0.717) is 11.1 Å². The molecule has 1 N–H and O–H groups in total. The summed E-state index contributed by atoms with van der Waals surface area (Å²) in [7, 11) is 0. The Morgan fingerprint density at radius 3 is 2.40 bits per heavy atom. The fourth-order valence-electron chi connectivity index (χ4n) is 4.28. The summed E-state index contributed by atoms with van der Waals surface area (Å²) in [6.07, 6.45) is 13.2. The maximum absolute atomic E-state index is 4.00. The topological polar surface area (TPSA) is 15.3 Å². The van der Waals surface area contributed by atoms with Gasteiger partial charge in [0.05, 0.1) is 0 Å². The Morgan fingerprint density at radius 2 is 1.80 bits per heavy atom. The Balaban J connectivity index is 2.05. The minimum absolute atomic E-state index is 0.418. The van der Waals surface area contributed by atoms with E-state index in [1.54, 1.807) is 0 Å². The van der Waals surface area contributed by atoms with Crippen LogP contribution in [0, 0.1) is 0 Å². The molecule has 0 aromatic heterocycles. The number of nitrogens with one attached hydrogen (secondary N) is 1. The molecule has 0 atom stereocenters. The molecule has 2 aliphatic rings. The lowest BCUT2D eigenvalue weighted by molar-refractivity contribution is -0.0138. The molecule has 1 heterocycles. The van der Waals surface area contributed by atoms with Crippen molar-refractivity contribution in [3.63, 3.8) is 0 Å². The predicted octanol–water partition coefficient (Wildman–Crippen LogP) is 3.91. The molecule has 2 nitrogen and oxygen atoms in total. The van der Waals surface area contributed by atoms with Gasteiger partial charge in [-0.1, -0.05) is 33.1 Å². The lowest BCUT2D eigenvalue weighted by Crippen LogP contribution is -2.70. The zero-order chi connectivity index (χ0) is 14.5. The van der Waals surface area contributed by atoms with Crippen molar-refractivity contribution in [3.05, 3.63) is 0 Å². The van der Waals surface area contributed by atoms with Gasteiger partial charge in [-0.3, -0.25) is 4.90 Å². The molecule has 20 heavy (non-hydrogen) atoms. The van der Waals surface area contributed by atoms with E-state index in [1.165, 1.54) is 76.8 Å². The number of hydrogen-bond acceptors (Lipinski definition) is 3. The van der Waals surface area contributed by atoms with Gasteiger partial charge in [0.25, 0.3) is 0 Å². The average Bonchev–Trinajstić information content (AvgIpc) is 2.49. The van der Waals surface area contributed by atoms with E-state index in [2.05, 4.69) is 30.3 Å². The molecule has 118 valence electrons. The van der Waals surface area contributed by atoms with Crippen LogP contribution in [0.3, 0.4) is 0 Å². The summed E-state index contributed by atoms with van der Waals surface area (Å²) in [5.41, 5.74) is 0.868. The summed E-state index contributed by atoms with van der Waals surface area (Å²) >= 11 is 1.99. The maximum Gasteiger partial charge on any atom is 0.0329 e. The highest BCUT2D eigenvalue weighted by Gasteiger charge is 2.45. The predicted molar refractivity (Wildman–Crippen MR) is 91.7 cm³/mol. The molecule has 1 saturated carbocycles. The third kappa shape index (κ3) is 3.53. The minimum atomic E-state index is 0.418. The smallest absolute Gasteiger partial charge is 0.0329 e. The standard InChI is InChI=1S/C17H34N2S/c1-4-17(5-2)14-18-16(10-7-6-8-11-16)15-19(17)12-9-13-20-3/h18H,4-15H2,1-3H3. The van der Waals surface area contributed by atoms with Gasteiger partial charge in [0, 0.05) is 24.2 Å². The molecule has 1 aliphatic heterocycles. The molecule has 2 rings (SSSR count). The van der Waals surface area contributed by atoms with Gasteiger partial charge in [-0.25, -0.2) is 0 Å². The van der Waals surface area contributed by atoms with Crippen molar-refractivity contribution in [3.8, 4) is 0 Å². The van der Waals surface area contributed by atoms with Crippen molar-refractivity contribution in [1.82, 2.24) is 10.2 Å². The molecule has 0 amide bonds. The molecular weight excluding hydrogens is 264 g/mol. The monoisotopic (exact) mass is 298 g/mol. The number of piperazine rings is 1. The Labute approximate surface area is 130 Å². The van der Waals surface area contributed by atoms with Crippen molar-refractivity contribution >= 4 is 11.8 Å². The first-order valence-corrected chi connectivity index (χ1v) is 10.1. The zero-order valence-corrected chi connectivity index (χ0v) is 14.7. The van der Waals surface area contributed by atoms with E-state index in [9.17, 15) is 0 Å². The molecule has 2 fully saturated rings. The Kier molecular flexibility index (Phi) is 6.25. The number of nitrogens with zero attached hydrogens (tertiary/aromatic N) is 1. The Morgan fingerprint density at radius 1 is 1.10 bits per heavy atom. The van der Waals surface area contributed by atoms with Gasteiger partial charge < -0.3 is 5.32 Å². The Hall–Kier alpha value is 0.270. The van der Waals surface area contributed by atoms with Gasteiger partial charge in [-0.05, 0) is 50.7 Å². The van der Waals surface area contributed by atoms with Gasteiger partial charge >= 0.3 is 0 Å². The first kappa shape index (κ1) is 16.6. The summed E-state index contributed by atoms with van der Waals surface area (Å²) in [5.74, 6) is 1.31. The van der Waals surface area contributed by atoms with Crippen molar-refractivity contribution < 1.29 is 0 Å². The second-order valence-electron chi connectivity index (χ2n) is 6.89. The maximum atomic E-state index is 4.00. The minimum Gasteiger partial charge on any atom is -0.308 e. The largest absolute Gasteiger partial charge is 0.308 e. The van der Waals surface area contributed by atoms with Gasteiger partial charge in [0.15, 0.2) is 0 Å². The summed E-state index contributed by atoms with van der Waals surface area (Å²) in [6.45, 7) is 8.56. The van der Waals surface area contributed by atoms with E-state index >= 15 is 0 Å². The second kappa shape index (κ2) is 7.51. The van der Waals surface area contributed by atoms with Crippen LogP contribution in [0.15, 0.2) is 0 Å². The van der Waals surface area contributed by atoms with Crippen molar-refractivity contribution in [1.29, 1.82) is 0 Å². The third-order valence-corrected chi connectivity index (χ3v) is 6.56. The lowest BCUT2D eigenvalue weighted by Gasteiger charge is -2.56. The SMILES string of the molecule is CCC1(CC)CNC2(CCCCC2)CN1CCCSC.